The van der Waals surface area contributed by atoms with Crippen molar-refractivity contribution in [2.24, 2.45) is 0 Å². The molecule has 28 heavy (non-hydrogen) atoms. The number of para-hydroxylation sites is 2. The minimum Gasteiger partial charge on any atom is -0.462 e. The van der Waals surface area contributed by atoms with Crippen LogP contribution in [0.3, 0.4) is 0 Å². The molecule has 140 valence electrons. The van der Waals surface area contributed by atoms with Crippen molar-refractivity contribution in [2.75, 3.05) is 6.61 Å². The summed E-state index contributed by atoms with van der Waals surface area (Å²) in [6.07, 6.45) is 1.29. The van der Waals surface area contributed by atoms with E-state index in [9.17, 15) is 9.59 Å². The highest BCUT2D eigenvalue weighted by Gasteiger charge is 2.20. The third-order valence-corrected chi connectivity index (χ3v) is 4.77. The highest BCUT2D eigenvalue weighted by atomic mass is 16.5. The summed E-state index contributed by atoms with van der Waals surface area (Å²) in [6.45, 7) is 4.21. The average molecular weight is 373 g/mol. The number of aryl methyl sites for hydroxylation is 1. The number of nitrogens with zero attached hydrogens (tertiary/aromatic N) is 3. The SMILES string of the molecule is CCOC(=O)c1c(Cn2ncc(=O)c3ccccc32)nc2ccccc2c1C. The first-order valence-electron chi connectivity index (χ1n) is 9.10. The van der Waals surface area contributed by atoms with Gasteiger partial charge in [-0.15, -0.1) is 0 Å². The number of fused-ring (bicyclic) bond motifs is 2. The van der Waals surface area contributed by atoms with Crippen LogP contribution in [0.2, 0.25) is 0 Å². The summed E-state index contributed by atoms with van der Waals surface area (Å²) < 4.78 is 6.97. The van der Waals surface area contributed by atoms with Gasteiger partial charge in [-0.2, -0.15) is 5.10 Å². The molecule has 0 saturated carbocycles. The Balaban J connectivity index is 1.94. The molecule has 0 unspecified atom stereocenters. The zero-order valence-corrected chi connectivity index (χ0v) is 15.7. The van der Waals surface area contributed by atoms with Gasteiger partial charge in [0.15, 0.2) is 0 Å². The van der Waals surface area contributed by atoms with Gasteiger partial charge in [0.05, 0.1) is 41.6 Å². The lowest BCUT2D eigenvalue weighted by atomic mass is 10.0. The lowest BCUT2D eigenvalue weighted by molar-refractivity contribution is 0.0523. The van der Waals surface area contributed by atoms with E-state index in [1.165, 1.54) is 6.20 Å². The van der Waals surface area contributed by atoms with E-state index in [2.05, 4.69) is 5.10 Å². The molecule has 0 amide bonds. The van der Waals surface area contributed by atoms with Crippen LogP contribution in [-0.4, -0.2) is 27.3 Å². The van der Waals surface area contributed by atoms with Gasteiger partial charge in [0.2, 0.25) is 5.43 Å². The monoisotopic (exact) mass is 373 g/mol. The second-order valence-electron chi connectivity index (χ2n) is 6.48. The van der Waals surface area contributed by atoms with E-state index in [0.717, 1.165) is 16.5 Å². The van der Waals surface area contributed by atoms with Gasteiger partial charge in [-0.3, -0.25) is 9.48 Å². The van der Waals surface area contributed by atoms with Crippen LogP contribution < -0.4 is 5.43 Å². The molecule has 0 aliphatic carbocycles. The van der Waals surface area contributed by atoms with Crippen molar-refractivity contribution in [3.05, 3.63) is 81.8 Å². The van der Waals surface area contributed by atoms with Crippen LogP contribution in [0.1, 0.15) is 28.5 Å². The molecule has 2 aromatic heterocycles. The third-order valence-electron chi connectivity index (χ3n) is 4.77. The summed E-state index contributed by atoms with van der Waals surface area (Å²) in [7, 11) is 0. The molecule has 0 N–H and O–H groups in total. The molecule has 0 bridgehead atoms. The molecule has 0 radical (unpaired) electrons. The van der Waals surface area contributed by atoms with E-state index < -0.39 is 5.97 Å². The number of ether oxygens (including phenoxy) is 1. The molecule has 6 nitrogen and oxygen atoms in total. The molecule has 4 rings (SSSR count). The fourth-order valence-electron chi connectivity index (χ4n) is 3.46. The van der Waals surface area contributed by atoms with Gasteiger partial charge in [-0.05, 0) is 37.6 Å². The van der Waals surface area contributed by atoms with Crippen molar-refractivity contribution in [1.29, 1.82) is 0 Å². The summed E-state index contributed by atoms with van der Waals surface area (Å²) in [5.41, 5.74) is 3.19. The normalized spacial score (nSPS) is 11.1. The first-order chi connectivity index (χ1) is 13.6. The van der Waals surface area contributed by atoms with Crippen LogP contribution in [-0.2, 0) is 11.3 Å². The summed E-state index contributed by atoms with van der Waals surface area (Å²) in [5.74, 6) is -0.404. The van der Waals surface area contributed by atoms with Gasteiger partial charge in [0.1, 0.15) is 0 Å². The fourth-order valence-corrected chi connectivity index (χ4v) is 3.46. The van der Waals surface area contributed by atoms with Crippen molar-refractivity contribution in [3.63, 3.8) is 0 Å². The Morgan fingerprint density at radius 3 is 2.57 bits per heavy atom. The highest BCUT2D eigenvalue weighted by molar-refractivity contribution is 5.98. The standard InChI is InChI=1S/C22H19N3O3/c1-3-28-22(27)21-14(2)15-8-4-6-10-17(15)24-18(21)13-25-19-11-7-5-9-16(19)20(26)12-23-25/h4-12H,3,13H2,1-2H3. The number of esters is 1. The maximum absolute atomic E-state index is 12.7. The summed E-state index contributed by atoms with van der Waals surface area (Å²) in [5, 5.41) is 5.76. The second-order valence-corrected chi connectivity index (χ2v) is 6.48. The maximum atomic E-state index is 12.7. The fraction of sp³-hybridized carbons (Fsp3) is 0.182. The Kier molecular flexibility index (Phi) is 4.61. The molecule has 4 aromatic rings. The minimum atomic E-state index is -0.404. The quantitative estimate of drug-likeness (QED) is 0.512. The van der Waals surface area contributed by atoms with Crippen molar-refractivity contribution < 1.29 is 9.53 Å². The number of rotatable bonds is 4. The number of carbonyl (C=O) groups excluding carboxylic acids is 1. The predicted octanol–water partition coefficient (Wildman–Crippen LogP) is 3.48. The number of hydrogen-bond donors (Lipinski definition) is 0. The second kappa shape index (κ2) is 7.23. The molecule has 0 atom stereocenters. The third kappa shape index (κ3) is 3.03. The Morgan fingerprint density at radius 2 is 1.79 bits per heavy atom. The van der Waals surface area contributed by atoms with Crippen LogP contribution in [0.15, 0.2) is 59.5 Å². The average Bonchev–Trinajstić information content (AvgIpc) is 2.71. The molecular weight excluding hydrogens is 354 g/mol. The summed E-state index contributed by atoms with van der Waals surface area (Å²) >= 11 is 0. The Morgan fingerprint density at radius 1 is 1.07 bits per heavy atom. The molecule has 0 saturated heterocycles. The maximum Gasteiger partial charge on any atom is 0.340 e. The van der Waals surface area contributed by atoms with Crippen molar-refractivity contribution in [3.8, 4) is 0 Å². The largest absolute Gasteiger partial charge is 0.462 e. The molecule has 0 aliphatic heterocycles. The lowest BCUT2D eigenvalue weighted by Gasteiger charge is -2.15. The zero-order valence-electron chi connectivity index (χ0n) is 15.7. The number of carbonyl (C=O) groups is 1. The summed E-state index contributed by atoms with van der Waals surface area (Å²) in [4.78, 5) is 29.5. The number of aromatic nitrogens is 3. The van der Waals surface area contributed by atoms with E-state index in [1.807, 2.05) is 49.4 Å². The van der Waals surface area contributed by atoms with Crippen molar-refractivity contribution in [2.45, 2.75) is 20.4 Å². The zero-order chi connectivity index (χ0) is 19.7. The molecule has 0 fully saturated rings. The van der Waals surface area contributed by atoms with Crippen LogP contribution in [0.5, 0.6) is 0 Å². The van der Waals surface area contributed by atoms with Crippen LogP contribution in [0.25, 0.3) is 21.8 Å². The van der Waals surface area contributed by atoms with Crippen LogP contribution in [0, 0.1) is 6.92 Å². The molecule has 0 aliphatic rings. The van der Waals surface area contributed by atoms with Crippen molar-refractivity contribution in [1.82, 2.24) is 14.8 Å². The lowest BCUT2D eigenvalue weighted by Crippen LogP contribution is -2.18. The van der Waals surface area contributed by atoms with Gasteiger partial charge in [0.25, 0.3) is 0 Å². The van der Waals surface area contributed by atoms with Gasteiger partial charge >= 0.3 is 5.97 Å². The van der Waals surface area contributed by atoms with Crippen LogP contribution >= 0.6 is 0 Å². The van der Waals surface area contributed by atoms with Gasteiger partial charge < -0.3 is 4.74 Å². The Bertz CT molecular complexity index is 1260. The first-order valence-corrected chi connectivity index (χ1v) is 9.10. The molecule has 0 spiro atoms. The van der Waals surface area contributed by atoms with Gasteiger partial charge in [0, 0.05) is 10.8 Å². The summed E-state index contributed by atoms with van der Waals surface area (Å²) in [6, 6.07) is 15.0. The van der Waals surface area contributed by atoms with E-state index >= 15 is 0 Å². The topological polar surface area (TPSA) is 74.1 Å². The van der Waals surface area contributed by atoms with Gasteiger partial charge in [-0.1, -0.05) is 30.3 Å². The smallest absolute Gasteiger partial charge is 0.340 e. The Labute approximate surface area is 161 Å². The number of pyridine rings is 1. The van der Waals surface area contributed by atoms with E-state index in [-0.39, 0.29) is 18.6 Å². The molecule has 2 heterocycles. The first kappa shape index (κ1) is 17.9. The number of hydrogen-bond acceptors (Lipinski definition) is 5. The highest BCUT2D eigenvalue weighted by Crippen LogP contribution is 2.25. The predicted molar refractivity (Wildman–Crippen MR) is 108 cm³/mol. The van der Waals surface area contributed by atoms with E-state index in [4.69, 9.17) is 9.72 Å². The van der Waals surface area contributed by atoms with Crippen molar-refractivity contribution >= 4 is 27.8 Å². The van der Waals surface area contributed by atoms with Gasteiger partial charge in [-0.25, -0.2) is 9.78 Å². The molecule has 2 aromatic carbocycles. The van der Waals surface area contributed by atoms with Crippen LogP contribution in [0.4, 0.5) is 0 Å². The van der Waals surface area contributed by atoms with E-state index in [0.29, 0.717) is 22.2 Å². The molecule has 6 heteroatoms. The minimum absolute atomic E-state index is 0.139. The Hall–Kier alpha value is -3.54. The number of benzene rings is 2. The molecular formula is C22H19N3O3. The van der Waals surface area contributed by atoms with E-state index in [1.54, 1.807) is 17.7 Å².